The molecule has 1 fully saturated rings. The number of fused-ring (bicyclic) bond motifs is 1. The van der Waals surface area contributed by atoms with Crippen molar-refractivity contribution < 1.29 is 19.1 Å². The molecular weight excluding hydrogens is 406 g/mol. The van der Waals surface area contributed by atoms with Crippen LogP contribution < -0.4 is 5.32 Å². The Morgan fingerprint density at radius 1 is 1.03 bits per heavy atom. The van der Waals surface area contributed by atoms with Crippen molar-refractivity contribution in [1.29, 1.82) is 0 Å². The van der Waals surface area contributed by atoms with Gasteiger partial charge in [-0.15, -0.1) is 0 Å². The molecular formula is C25H27N3O4. The van der Waals surface area contributed by atoms with E-state index in [9.17, 15) is 14.4 Å². The zero-order valence-corrected chi connectivity index (χ0v) is 18.4. The fraction of sp³-hybridized carbons (Fsp3) is 0.320. The number of alkyl carbamates (subject to hydrolysis) is 1. The third-order valence-corrected chi connectivity index (χ3v) is 5.90. The van der Waals surface area contributed by atoms with Crippen molar-refractivity contribution in [2.45, 2.75) is 45.5 Å². The maximum absolute atomic E-state index is 13.3. The standard InChI is InChI=1S/C25H27N3O4/c1-16(2)22-21(26-25(31)32-15-18-10-6-4-7-11-18)24(30)27-14-20(17(3)29)23(28(22)27)19-12-8-5-9-13-19/h4-14,16,21-23H,15H2,1-3H3,(H,26,31)/t21-,22-,23+/m0/s1. The predicted molar refractivity (Wildman–Crippen MR) is 119 cm³/mol. The third kappa shape index (κ3) is 4.03. The molecule has 2 aromatic rings. The quantitative estimate of drug-likeness (QED) is 0.753. The molecule has 32 heavy (non-hydrogen) atoms. The highest BCUT2D eigenvalue weighted by Crippen LogP contribution is 2.44. The lowest BCUT2D eigenvalue weighted by molar-refractivity contribution is -0.134. The first-order valence-corrected chi connectivity index (χ1v) is 10.7. The van der Waals surface area contributed by atoms with Gasteiger partial charge in [-0.2, -0.15) is 5.01 Å². The monoisotopic (exact) mass is 433 g/mol. The van der Waals surface area contributed by atoms with Crippen molar-refractivity contribution in [3.05, 3.63) is 83.6 Å². The van der Waals surface area contributed by atoms with Gasteiger partial charge >= 0.3 is 6.09 Å². The summed E-state index contributed by atoms with van der Waals surface area (Å²) in [7, 11) is 0. The largest absolute Gasteiger partial charge is 0.445 e. The van der Waals surface area contributed by atoms with Crippen LogP contribution in [0.4, 0.5) is 4.79 Å². The smallest absolute Gasteiger partial charge is 0.408 e. The Kier molecular flexibility index (Phi) is 6.10. The molecule has 0 unspecified atom stereocenters. The Bertz CT molecular complexity index is 1040. The summed E-state index contributed by atoms with van der Waals surface area (Å²) in [6.45, 7) is 5.63. The molecule has 0 aromatic heterocycles. The Labute approximate surface area is 187 Å². The molecule has 0 bridgehead atoms. The highest BCUT2D eigenvalue weighted by molar-refractivity contribution is 5.98. The van der Waals surface area contributed by atoms with Crippen molar-refractivity contribution in [3.63, 3.8) is 0 Å². The van der Waals surface area contributed by atoms with Crippen LogP contribution in [0.1, 0.15) is 37.9 Å². The van der Waals surface area contributed by atoms with E-state index in [4.69, 9.17) is 4.74 Å². The molecule has 2 aliphatic rings. The number of hydrogen-bond donors (Lipinski definition) is 1. The lowest BCUT2D eigenvalue weighted by Gasteiger charge is -2.34. The van der Waals surface area contributed by atoms with Gasteiger partial charge in [0.25, 0.3) is 5.91 Å². The van der Waals surface area contributed by atoms with Crippen LogP contribution in [0.15, 0.2) is 72.4 Å². The number of hydrazine groups is 1. The van der Waals surface area contributed by atoms with Crippen molar-refractivity contribution >= 4 is 17.8 Å². The van der Waals surface area contributed by atoms with Crippen LogP contribution in [0.3, 0.4) is 0 Å². The van der Waals surface area contributed by atoms with Gasteiger partial charge in [-0.3, -0.25) is 9.59 Å². The summed E-state index contributed by atoms with van der Waals surface area (Å²) in [5, 5.41) is 6.17. The number of carbonyl (C=O) groups excluding carboxylic acids is 3. The molecule has 2 aromatic carbocycles. The van der Waals surface area contributed by atoms with Gasteiger partial charge in [0.2, 0.25) is 0 Å². The Morgan fingerprint density at radius 3 is 2.25 bits per heavy atom. The van der Waals surface area contributed by atoms with Gasteiger partial charge in [-0.1, -0.05) is 74.5 Å². The minimum absolute atomic E-state index is 0.0225. The second-order valence-electron chi connectivity index (χ2n) is 8.44. The van der Waals surface area contributed by atoms with Gasteiger partial charge in [0.1, 0.15) is 12.6 Å². The lowest BCUT2D eigenvalue weighted by atomic mass is 9.91. The molecule has 2 aliphatic heterocycles. The third-order valence-electron chi connectivity index (χ3n) is 5.90. The number of nitrogens with zero attached hydrogens (tertiary/aromatic N) is 2. The molecule has 1 saturated heterocycles. The molecule has 3 atom stereocenters. The first-order chi connectivity index (χ1) is 15.4. The highest BCUT2D eigenvalue weighted by atomic mass is 16.5. The van der Waals surface area contributed by atoms with Crippen LogP contribution in [0.25, 0.3) is 0 Å². The maximum Gasteiger partial charge on any atom is 0.408 e. The van der Waals surface area contributed by atoms with E-state index in [-0.39, 0.29) is 30.3 Å². The molecule has 4 rings (SSSR count). The summed E-state index contributed by atoms with van der Waals surface area (Å²) in [4.78, 5) is 38.3. The number of rotatable bonds is 6. The van der Waals surface area contributed by atoms with Crippen molar-refractivity contribution in [2.75, 3.05) is 0 Å². The molecule has 7 nitrogen and oxygen atoms in total. The maximum atomic E-state index is 13.3. The minimum Gasteiger partial charge on any atom is -0.445 e. The van der Waals surface area contributed by atoms with E-state index in [0.29, 0.717) is 5.57 Å². The van der Waals surface area contributed by atoms with E-state index in [2.05, 4.69) is 5.32 Å². The number of nitrogens with one attached hydrogen (secondary N) is 1. The average molecular weight is 434 g/mol. The minimum atomic E-state index is -0.783. The van der Waals surface area contributed by atoms with Crippen molar-refractivity contribution in [1.82, 2.24) is 15.3 Å². The van der Waals surface area contributed by atoms with Gasteiger partial charge in [0.05, 0.1) is 12.1 Å². The van der Waals surface area contributed by atoms with E-state index < -0.39 is 18.2 Å². The summed E-state index contributed by atoms with van der Waals surface area (Å²) in [5.74, 6) is -0.345. The zero-order valence-electron chi connectivity index (χ0n) is 18.4. The van der Waals surface area contributed by atoms with Gasteiger partial charge in [-0.25, -0.2) is 9.80 Å². The van der Waals surface area contributed by atoms with E-state index in [1.54, 1.807) is 6.20 Å². The van der Waals surface area contributed by atoms with Gasteiger partial charge in [0, 0.05) is 11.8 Å². The van der Waals surface area contributed by atoms with Gasteiger partial charge in [0.15, 0.2) is 5.78 Å². The number of ether oxygens (including phenoxy) is 1. The number of carbonyl (C=O) groups is 3. The lowest BCUT2D eigenvalue weighted by Crippen LogP contribution is -2.50. The molecule has 0 radical (unpaired) electrons. The summed E-state index contributed by atoms with van der Waals surface area (Å²) >= 11 is 0. The van der Waals surface area contributed by atoms with Crippen LogP contribution in [-0.4, -0.2) is 39.9 Å². The zero-order chi connectivity index (χ0) is 22.8. The second kappa shape index (κ2) is 8.96. The molecule has 2 heterocycles. The van der Waals surface area contributed by atoms with E-state index >= 15 is 0 Å². The molecule has 0 saturated carbocycles. The van der Waals surface area contributed by atoms with Crippen molar-refractivity contribution in [2.24, 2.45) is 5.92 Å². The first kappa shape index (κ1) is 21.8. The SMILES string of the molecule is CC(=O)C1=CN2C(=O)[C@@H](NC(=O)OCc3ccccc3)[C@H](C(C)C)N2[C@@H]1c1ccccc1. The summed E-state index contributed by atoms with van der Waals surface area (Å²) in [5.41, 5.74) is 2.34. The molecule has 2 amide bonds. The predicted octanol–water partition coefficient (Wildman–Crippen LogP) is 3.59. The van der Waals surface area contributed by atoms with Crippen LogP contribution in [0.2, 0.25) is 0 Å². The summed E-state index contributed by atoms with van der Waals surface area (Å²) < 4.78 is 5.35. The normalized spacial score (nSPS) is 22.6. The molecule has 166 valence electrons. The van der Waals surface area contributed by atoms with E-state index in [1.165, 1.54) is 11.9 Å². The number of Topliss-reactive ketones (excluding diaryl/α,β-unsaturated/α-hetero) is 1. The fourth-order valence-electron chi connectivity index (χ4n) is 4.45. The number of ketones is 1. The molecule has 1 N–H and O–H groups in total. The van der Waals surface area contributed by atoms with E-state index in [1.807, 2.05) is 79.5 Å². The second-order valence-corrected chi connectivity index (χ2v) is 8.44. The van der Waals surface area contributed by atoms with Crippen LogP contribution in [-0.2, 0) is 20.9 Å². The number of benzene rings is 2. The van der Waals surface area contributed by atoms with Crippen molar-refractivity contribution in [3.8, 4) is 0 Å². The van der Waals surface area contributed by atoms with Crippen LogP contribution in [0, 0.1) is 5.92 Å². The van der Waals surface area contributed by atoms with Gasteiger partial charge in [-0.05, 0) is 24.0 Å². The topological polar surface area (TPSA) is 79.0 Å². The Hall–Kier alpha value is -3.45. The Balaban J connectivity index is 1.58. The first-order valence-electron chi connectivity index (χ1n) is 10.7. The highest BCUT2D eigenvalue weighted by Gasteiger charge is 2.55. The molecule has 0 aliphatic carbocycles. The summed E-state index contributed by atoms with van der Waals surface area (Å²) in [6.07, 6.45) is 0.960. The molecule has 7 heteroatoms. The van der Waals surface area contributed by atoms with Gasteiger partial charge < -0.3 is 10.1 Å². The fourth-order valence-corrected chi connectivity index (χ4v) is 4.45. The molecule has 0 spiro atoms. The van der Waals surface area contributed by atoms with Crippen LogP contribution >= 0.6 is 0 Å². The van der Waals surface area contributed by atoms with E-state index in [0.717, 1.165) is 11.1 Å². The van der Waals surface area contributed by atoms with Crippen LogP contribution in [0.5, 0.6) is 0 Å². The average Bonchev–Trinajstić information content (AvgIpc) is 3.29. The number of hydrogen-bond acceptors (Lipinski definition) is 5. The number of amides is 2. The Morgan fingerprint density at radius 2 is 1.66 bits per heavy atom. The summed E-state index contributed by atoms with van der Waals surface area (Å²) in [6, 6.07) is 17.5.